The van der Waals surface area contributed by atoms with E-state index in [1.165, 1.54) is 23.1 Å². The second kappa shape index (κ2) is 4.49. The summed E-state index contributed by atoms with van der Waals surface area (Å²) in [7, 11) is 0. The van der Waals surface area contributed by atoms with Crippen molar-refractivity contribution < 1.29 is 20.1 Å². The molecule has 1 heterocycles. The molecule has 1 aromatic carbocycles. The summed E-state index contributed by atoms with van der Waals surface area (Å²) in [5, 5.41) is 29.0. The minimum Gasteiger partial charge on any atom is -0.508 e. The number of carbonyl (C=O) groups excluding carboxylic acids is 1. The van der Waals surface area contributed by atoms with Gasteiger partial charge >= 0.3 is 0 Å². The highest BCUT2D eigenvalue weighted by atomic mass is 16.3. The Labute approximate surface area is 105 Å². The van der Waals surface area contributed by atoms with Crippen LogP contribution in [-0.4, -0.2) is 44.8 Å². The smallest absolute Gasteiger partial charge is 0.257 e. The maximum absolute atomic E-state index is 12.2. The predicted octanol–water partition coefficient (Wildman–Crippen LogP) is 1.08. The molecule has 1 aliphatic heterocycles. The Morgan fingerprint density at radius 1 is 1.39 bits per heavy atom. The third kappa shape index (κ3) is 2.56. The average Bonchev–Trinajstić information content (AvgIpc) is 2.30. The van der Waals surface area contributed by atoms with Gasteiger partial charge in [-0.1, -0.05) is 0 Å². The van der Waals surface area contributed by atoms with E-state index in [1.807, 2.05) is 0 Å². The summed E-state index contributed by atoms with van der Waals surface area (Å²) in [6.07, 6.45) is 1.38. The maximum Gasteiger partial charge on any atom is 0.257 e. The van der Waals surface area contributed by atoms with E-state index in [2.05, 4.69) is 0 Å². The van der Waals surface area contributed by atoms with Crippen LogP contribution in [0.3, 0.4) is 0 Å². The van der Waals surface area contributed by atoms with Crippen molar-refractivity contribution in [2.75, 3.05) is 13.1 Å². The highest BCUT2D eigenvalue weighted by Gasteiger charge is 2.32. The Morgan fingerprint density at radius 3 is 2.78 bits per heavy atom. The largest absolute Gasteiger partial charge is 0.508 e. The summed E-state index contributed by atoms with van der Waals surface area (Å²) >= 11 is 0. The third-order valence-electron chi connectivity index (χ3n) is 3.17. The van der Waals surface area contributed by atoms with Crippen molar-refractivity contribution in [1.29, 1.82) is 0 Å². The molecule has 1 unspecified atom stereocenters. The molecule has 0 aliphatic carbocycles. The quantitative estimate of drug-likeness (QED) is 0.652. The number of benzene rings is 1. The Morgan fingerprint density at radius 2 is 2.11 bits per heavy atom. The number of hydrogen-bond acceptors (Lipinski definition) is 4. The van der Waals surface area contributed by atoms with Crippen LogP contribution in [0.25, 0.3) is 0 Å². The normalized spacial score (nSPS) is 24.0. The van der Waals surface area contributed by atoms with Gasteiger partial charge in [-0.2, -0.15) is 0 Å². The molecule has 1 atom stereocenters. The predicted molar refractivity (Wildman–Crippen MR) is 65.5 cm³/mol. The first-order valence-electron chi connectivity index (χ1n) is 5.93. The first kappa shape index (κ1) is 12.7. The number of aliphatic hydroxyl groups is 1. The second-order valence-corrected chi connectivity index (χ2v) is 5.03. The van der Waals surface area contributed by atoms with E-state index in [1.54, 1.807) is 6.92 Å². The molecule has 1 aliphatic rings. The molecule has 3 N–H and O–H groups in total. The third-order valence-corrected chi connectivity index (χ3v) is 3.17. The van der Waals surface area contributed by atoms with Crippen molar-refractivity contribution in [3.05, 3.63) is 23.8 Å². The fraction of sp³-hybridized carbons (Fsp3) is 0.462. The second-order valence-electron chi connectivity index (χ2n) is 5.03. The lowest BCUT2D eigenvalue weighted by atomic mass is 9.94. The van der Waals surface area contributed by atoms with Gasteiger partial charge in [-0.05, 0) is 38.0 Å². The standard InChI is InChI=1S/C13H17NO4/c1-13(18)5-2-6-14(8-13)12(17)10-7-9(15)3-4-11(10)16/h3-4,7,15-16,18H,2,5-6,8H2,1H3. The summed E-state index contributed by atoms with van der Waals surface area (Å²) in [5.41, 5.74) is -0.826. The number of hydrogen-bond donors (Lipinski definition) is 3. The number of likely N-dealkylation sites (tertiary alicyclic amines) is 1. The molecule has 1 amide bonds. The SMILES string of the molecule is CC1(O)CCCN(C(=O)c2cc(O)ccc2O)C1. The maximum atomic E-state index is 12.2. The topological polar surface area (TPSA) is 81.0 Å². The summed E-state index contributed by atoms with van der Waals surface area (Å²) < 4.78 is 0. The zero-order valence-corrected chi connectivity index (χ0v) is 10.3. The molecule has 1 saturated heterocycles. The van der Waals surface area contributed by atoms with Crippen molar-refractivity contribution in [3.8, 4) is 11.5 Å². The Balaban J connectivity index is 2.23. The van der Waals surface area contributed by atoms with Crippen molar-refractivity contribution in [1.82, 2.24) is 4.90 Å². The van der Waals surface area contributed by atoms with Crippen LogP contribution in [-0.2, 0) is 0 Å². The molecular weight excluding hydrogens is 234 g/mol. The number of nitrogens with zero attached hydrogens (tertiary/aromatic N) is 1. The van der Waals surface area contributed by atoms with Crippen molar-refractivity contribution in [3.63, 3.8) is 0 Å². The van der Waals surface area contributed by atoms with E-state index >= 15 is 0 Å². The molecule has 5 heteroatoms. The average molecular weight is 251 g/mol. The summed E-state index contributed by atoms with van der Waals surface area (Å²) in [6.45, 7) is 2.47. The molecule has 0 radical (unpaired) electrons. The number of amides is 1. The summed E-state index contributed by atoms with van der Waals surface area (Å²) in [6, 6.07) is 3.84. The van der Waals surface area contributed by atoms with E-state index < -0.39 is 5.60 Å². The minimum atomic E-state index is -0.889. The van der Waals surface area contributed by atoms with Crippen LogP contribution in [0.5, 0.6) is 11.5 Å². The number of carbonyl (C=O) groups is 1. The molecule has 1 aromatic rings. The molecular formula is C13H17NO4. The molecule has 18 heavy (non-hydrogen) atoms. The van der Waals surface area contributed by atoms with Crippen LogP contribution in [0.1, 0.15) is 30.1 Å². The fourth-order valence-corrected chi connectivity index (χ4v) is 2.26. The highest BCUT2D eigenvalue weighted by Crippen LogP contribution is 2.27. The van der Waals surface area contributed by atoms with Crippen LogP contribution >= 0.6 is 0 Å². The number of aromatic hydroxyl groups is 2. The lowest BCUT2D eigenvalue weighted by Crippen LogP contribution is -2.48. The Bertz CT molecular complexity index is 470. The van der Waals surface area contributed by atoms with E-state index in [-0.39, 0.29) is 29.5 Å². The zero-order chi connectivity index (χ0) is 13.3. The van der Waals surface area contributed by atoms with Crippen LogP contribution in [0, 0.1) is 0 Å². The van der Waals surface area contributed by atoms with Gasteiger partial charge in [-0.15, -0.1) is 0 Å². The van der Waals surface area contributed by atoms with Gasteiger partial charge in [-0.3, -0.25) is 4.79 Å². The van der Waals surface area contributed by atoms with Gasteiger partial charge in [0.2, 0.25) is 0 Å². The number of β-amino-alcohol motifs (C(OH)–C–C–N with tert-alkyl or cyclic N) is 1. The van der Waals surface area contributed by atoms with Crippen LogP contribution in [0.2, 0.25) is 0 Å². The molecule has 0 bridgehead atoms. The number of piperidine rings is 1. The Kier molecular flexibility index (Phi) is 3.17. The lowest BCUT2D eigenvalue weighted by Gasteiger charge is -2.36. The highest BCUT2D eigenvalue weighted by molar-refractivity contribution is 5.97. The van der Waals surface area contributed by atoms with E-state index in [0.717, 1.165) is 6.42 Å². The monoisotopic (exact) mass is 251 g/mol. The Hall–Kier alpha value is -1.75. The van der Waals surface area contributed by atoms with Crippen LogP contribution < -0.4 is 0 Å². The molecule has 5 nitrogen and oxygen atoms in total. The van der Waals surface area contributed by atoms with E-state index in [0.29, 0.717) is 13.0 Å². The molecule has 98 valence electrons. The van der Waals surface area contributed by atoms with E-state index in [9.17, 15) is 20.1 Å². The zero-order valence-electron chi connectivity index (χ0n) is 10.3. The van der Waals surface area contributed by atoms with Crippen molar-refractivity contribution in [2.45, 2.75) is 25.4 Å². The van der Waals surface area contributed by atoms with Gasteiger partial charge in [0.25, 0.3) is 5.91 Å². The van der Waals surface area contributed by atoms with Crippen LogP contribution in [0.4, 0.5) is 0 Å². The molecule has 1 fully saturated rings. The molecule has 0 saturated carbocycles. The van der Waals surface area contributed by atoms with Gasteiger partial charge in [0.05, 0.1) is 11.2 Å². The summed E-state index contributed by atoms with van der Waals surface area (Å²) in [5.74, 6) is -0.605. The van der Waals surface area contributed by atoms with Crippen molar-refractivity contribution >= 4 is 5.91 Å². The first-order chi connectivity index (χ1) is 8.39. The first-order valence-corrected chi connectivity index (χ1v) is 5.93. The molecule has 2 rings (SSSR count). The van der Waals surface area contributed by atoms with Gasteiger partial charge in [0.15, 0.2) is 0 Å². The number of rotatable bonds is 1. The van der Waals surface area contributed by atoms with Crippen molar-refractivity contribution in [2.24, 2.45) is 0 Å². The van der Waals surface area contributed by atoms with Gasteiger partial charge in [0, 0.05) is 13.1 Å². The summed E-state index contributed by atoms with van der Waals surface area (Å²) in [4.78, 5) is 13.7. The number of phenols is 2. The number of phenolic OH excluding ortho intramolecular Hbond substituents is 2. The molecule has 0 spiro atoms. The molecule has 0 aromatic heterocycles. The van der Waals surface area contributed by atoms with Gasteiger partial charge < -0.3 is 20.2 Å². The van der Waals surface area contributed by atoms with Crippen LogP contribution in [0.15, 0.2) is 18.2 Å². The lowest BCUT2D eigenvalue weighted by molar-refractivity contribution is -0.0108. The van der Waals surface area contributed by atoms with E-state index in [4.69, 9.17) is 0 Å². The van der Waals surface area contributed by atoms with Gasteiger partial charge in [-0.25, -0.2) is 0 Å². The van der Waals surface area contributed by atoms with Gasteiger partial charge in [0.1, 0.15) is 11.5 Å². The minimum absolute atomic E-state index is 0.0627. The fourth-order valence-electron chi connectivity index (χ4n) is 2.26.